The van der Waals surface area contributed by atoms with Crippen molar-refractivity contribution in [3.63, 3.8) is 0 Å². The van der Waals surface area contributed by atoms with Crippen molar-refractivity contribution >= 4 is 5.91 Å². The van der Waals surface area contributed by atoms with Crippen LogP contribution in [0.2, 0.25) is 0 Å². The third-order valence-corrected chi connectivity index (χ3v) is 4.12. The third-order valence-electron chi connectivity index (χ3n) is 4.12. The summed E-state index contributed by atoms with van der Waals surface area (Å²) in [6, 6.07) is 10.1. The minimum absolute atomic E-state index is 0.230. The number of nitrogens with zero attached hydrogens (tertiary/aromatic N) is 3. The van der Waals surface area contributed by atoms with Gasteiger partial charge in [0, 0.05) is 39.4 Å². The van der Waals surface area contributed by atoms with E-state index in [4.69, 9.17) is 0 Å². The van der Waals surface area contributed by atoms with E-state index in [0.29, 0.717) is 12.2 Å². The fraction of sp³-hybridized carbons (Fsp3) is 0.412. The average Bonchev–Trinajstić information content (AvgIpc) is 2.99. The summed E-state index contributed by atoms with van der Waals surface area (Å²) in [5, 5.41) is 16.9. The molecule has 1 aliphatic heterocycles. The van der Waals surface area contributed by atoms with Gasteiger partial charge in [-0.15, -0.1) is 0 Å². The lowest BCUT2D eigenvalue weighted by Gasteiger charge is -2.30. The number of amides is 1. The number of aryl methyl sites for hydroxylation is 1. The number of carbonyl (C=O) groups excluding carboxylic acids is 1. The van der Waals surface area contributed by atoms with Gasteiger partial charge in [0.15, 0.2) is 0 Å². The zero-order valence-electron chi connectivity index (χ0n) is 13.3. The van der Waals surface area contributed by atoms with E-state index in [1.165, 1.54) is 11.1 Å². The number of carbonyl (C=O) groups is 1. The highest BCUT2D eigenvalue weighted by atomic mass is 16.3. The van der Waals surface area contributed by atoms with Gasteiger partial charge < -0.3 is 10.4 Å². The molecule has 1 atom stereocenters. The van der Waals surface area contributed by atoms with Crippen LogP contribution in [-0.4, -0.2) is 51.4 Å². The highest BCUT2D eigenvalue weighted by Crippen LogP contribution is 2.18. The quantitative estimate of drug-likeness (QED) is 0.846. The second-order valence-electron chi connectivity index (χ2n) is 5.99. The number of hydrogen-bond acceptors (Lipinski definition) is 4. The first-order chi connectivity index (χ1) is 11.1. The van der Waals surface area contributed by atoms with E-state index < -0.39 is 6.10 Å². The molecule has 0 spiro atoms. The molecule has 0 fully saturated rings. The van der Waals surface area contributed by atoms with Gasteiger partial charge in [0.2, 0.25) is 0 Å². The maximum atomic E-state index is 11.9. The van der Waals surface area contributed by atoms with Crippen LogP contribution in [0.25, 0.3) is 0 Å². The molecule has 3 rings (SSSR count). The van der Waals surface area contributed by atoms with Crippen molar-refractivity contribution in [2.24, 2.45) is 7.05 Å². The van der Waals surface area contributed by atoms with Crippen LogP contribution in [0, 0.1) is 0 Å². The maximum absolute atomic E-state index is 11.9. The largest absolute Gasteiger partial charge is 0.390 e. The molecule has 1 aliphatic rings. The second-order valence-corrected chi connectivity index (χ2v) is 5.99. The Morgan fingerprint density at radius 3 is 2.87 bits per heavy atom. The summed E-state index contributed by atoms with van der Waals surface area (Å²) in [6.07, 6.45) is 2.13. The van der Waals surface area contributed by atoms with Crippen LogP contribution in [0.5, 0.6) is 0 Å². The predicted molar refractivity (Wildman–Crippen MR) is 87.0 cm³/mol. The number of aliphatic hydroxyl groups is 1. The Hall–Kier alpha value is -2.18. The molecule has 0 saturated heterocycles. The van der Waals surface area contributed by atoms with Crippen molar-refractivity contribution in [1.29, 1.82) is 0 Å². The summed E-state index contributed by atoms with van der Waals surface area (Å²) < 4.78 is 1.58. The smallest absolute Gasteiger partial charge is 0.271 e. The van der Waals surface area contributed by atoms with Crippen LogP contribution in [0.1, 0.15) is 21.6 Å². The van der Waals surface area contributed by atoms with Crippen LogP contribution < -0.4 is 5.32 Å². The van der Waals surface area contributed by atoms with Gasteiger partial charge in [-0.2, -0.15) is 5.10 Å². The molecule has 2 N–H and O–H groups in total. The number of aliphatic hydroxyl groups excluding tert-OH is 1. The standard InChI is InChI=1S/C17H22N4O2/c1-20-8-7-16(19-20)17(23)18-10-15(22)12-21-9-6-13-4-2-3-5-14(13)11-21/h2-5,7-8,15,22H,6,9-12H2,1H3,(H,18,23). The zero-order valence-corrected chi connectivity index (χ0v) is 13.3. The summed E-state index contributed by atoms with van der Waals surface area (Å²) >= 11 is 0. The minimum atomic E-state index is -0.590. The Kier molecular flexibility index (Phi) is 4.73. The van der Waals surface area contributed by atoms with Crippen LogP contribution in [0.3, 0.4) is 0 Å². The molecule has 122 valence electrons. The molecular weight excluding hydrogens is 292 g/mol. The van der Waals surface area contributed by atoms with Gasteiger partial charge in [-0.05, 0) is 23.6 Å². The number of hydrogen-bond donors (Lipinski definition) is 2. The molecule has 1 unspecified atom stereocenters. The van der Waals surface area contributed by atoms with E-state index in [2.05, 4.69) is 33.5 Å². The van der Waals surface area contributed by atoms with Gasteiger partial charge in [-0.3, -0.25) is 14.4 Å². The minimum Gasteiger partial charge on any atom is -0.390 e. The highest BCUT2D eigenvalue weighted by Gasteiger charge is 2.19. The molecule has 1 aromatic carbocycles. The third kappa shape index (κ3) is 3.97. The fourth-order valence-electron chi connectivity index (χ4n) is 2.91. The SMILES string of the molecule is Cn1ccc(C(=O)NCC(O)CN2CCc3ccccc3C2)n1. The Labute approximate surface area is 135 Å². The Bertz CT molecular complexity index is 683. The summed E-state index contributed by atoms with van der Waals surface area (Å²) in [6.45, 7) is 2.56. The van der Waals surface area contributed by atoms with E-state index in [9.17, 15) is 9.90 Å². The molecule has 0 radical (unpaired) electrons. The molecule has 1 amide bonds. The monoisotopic (exact) mass is 314 g/mol. The van der Waals surface area contributed by atoms with E-state index in [-0.39, 0.29) is 12.5 Å². The fourth-order valence-corrected chi connectivity index (χ4v) is 2.91. The van der Waals surface area contributed by atoms with E-state index >= 15 is 0 Å². The number of nitrogens with one attached hydrogen (secondary N) is 1. The summed E-state index contributed by atoms with van der Waals surface area (Å²) in [7, 11) is 1.76. The topological polar surface area (TPSA) is 70.4 Å². The number of benzene rings is 1. The lowest BCUT2D eigenvalue weighted by molar-refractivity contribution is 0.0837. The number of β-amino-alcohol motifs (C(OH)–C–C–N with tert-alkyl or cyclic N) is 1. The van der Waals surface area contributed by atoms with Gasteiger partial charge in [-0.1, -0.05) is 24.3 Å². The van der Waals surface area contributed by atoms with E-state index in [1.807, 2.05) is 6.07 Å². The first-order valence-electron chi connectivity index (χ1n) is 7.87. The highest BCUT2D eigenvalue weighted by molar-refractivity contribution is 5.92. The van der Waals surface area contributed by atoms with Crippen molar-refractivity contribution in [3.05, 3.63) is 53.3 Å². The summed E-state index contributed by atoms with van der Waals surface area (Å²) in [4.78, 5) is 14.1. The Morgan fingerprint density at radius 1 is 1.35 bits per heavy atom. The molecule has 2 heterocycles. The van der Waals surface area contributed by atoms with Gasteiger partial charge in [0.05, 0.1) is 6.10 Å². The average molecular weight is 314 g/mol. The molecular formula is C17H22N4O2. The van der Waals surface area contributed by atoms with Crippen LogP contribution in [-0.2, 0) is 20.0 Å². The van der Waals surface area contributed by atoms with Crippen molar-refractivity contribution in [2.45, 2.75) is 19.1 Å². The predicted octanol–water partition coefficient (Wildman–Crippen LogP) is 0.569. The molecule has 0 aliphatic carbocycles. The first-order valence-corrected chi connectivity index (χ1v) is 7.87. The van der Waals surface area contributed by atoms with Crippen molar-refractivity contribution < 1.29 is 9.90 Å². The van der Waals surface area contributed by atoms with Crippen molar-refractivity contribution in [2.75, 3.05) is 19.6 Å². The van der Waals surface area contributed by atoms with Gasteiger partial charge in [0.1, 0.15) is 5.69 Å². The molecule has 23 heavy (non-hydrogen) atoms. The zero-order chi connectivity index (χ0) is 16.2. The Morgan fingerprint density at radius 2 is 2.13 bits per heavy atom. The van der Waals surface area contributed by atoms with Crippen LogP contribution >= 0.6 is 0 Å². The van der Waals surface area contributed by atoms with Gasteiger partial charge in [-0.25, -0.2) is 0 Å². The molecule has 2 aromatic rings. The molecule has 0 saturated carbocycles. The maximum Gasteiger partial charge on any atom is 0.271 e. The number of rotatable bonds is 5. The second kappa shape index (κ2) is 6.93. The summed E-state index contributed by atoms with van der Waals surface area (Å²) in [5.41, 5.74) is 3.08. The van der Waals surface area contributed by atoms with Crippen molar-refractivity contribution in [3.8, 4) is 0 Å². The molecule has 0 bridgehead atoms. The van der Waals surface area contributed by atoms with E-state index in [1.54, 1.807) is 24.0 Å². The summed E-state index contributed by atoms with van der Waals surface area (Å²) in [5.74, 6) is -0.256. The molecule has 6 nitrogen and oxygen atoms in total. The molecule has 6 heteroatoms. The van der Waals surface area contributed by atoms with Gasteiger partial charge in [0.25, 0.3) is 5.91 Å². The van der Waals surface area contributed by atoms with E-state index in [0.717, 1.165) is 19.5 Å². The van der Waals surface area contributed by atoms with Crippen molar-refractivity contribution in [1.82, 2.24) is 20.0 Å². The molecule has 1 aromatic heterocycles. The Balaban J connectivity index is 1.47. The number of aromatic nitrogens is 2. The first kappa shape index (κ1) is 15.7. The lowest BCUT2D eigenvalue weighted by Crippen LogP contribution is -2.42. The normalized spacial score (nSPS) is 15.9. The van der Waals surface area contributed by atoms with Gasteiger partial charge >= 0.3 is 0 Å². The van der Waals surface area contributed by atoms with Crippen LogP contribution in [0.4, 0.5) is 0 Å². The lowest BCUT2D eigenvalue weighted by atomic mass is 10.00. The number of fused-ring (bicyclic) bond motifs is 1. The van der Waals surface area contributed by atoms with Crippen LogP contribution in [0.15, 0.2) is 36.5 Å².